The summed E-state index contributed by atoms with van der Waals surface area (Å²) in [5, 5.41) is 33.6. The molecule has 3 fully saturated rings. The Morgan fingerprint density at radius 3 is 2.29 bits per heavy atom. The molecule has 13 nitrogen and oxygen atoms in total. The zero-order chi connectivity index (χ0) is 41.5. The highest BCUT2D eigenvalue weighted by Crippen LogP contribution is 2.39. The first-order valence-corrected chi connectivity index (χ1v) is 20.3. The third kappa shape index (κ3) is 10.7. The molecule has 13 unspecified atom stereocenters. The summed E-state index contributed by atoms with van der Waals surface area (Å²) >= 11 is 0. The van der Waals surface area contributed by atoms with Crippen molar-refractivity contribution in [1.82, 2.24) is 4.90 Å². The van der Waals surface area contributed by atoms with Gasteiger partial charge in [-0.25, -0.2) is 4.79 Å². The van der Waals surface area contributed by atoms with Crippen LogP contribution in [0.3, 0.4) is 0 Å². The van der Waals surface area contributed by atoms with E-state index in [-0.39, 0.29) is 55.6 Å². The summed E-state index contributed by atoms with van der Waals surface area (Å²) in [7, 11) is 3.03. The standard InChI is InChI=1S/C43H65NO12/c1-9-12-30-18-24(2)17-25(3)19-36(53-7)39-37(54-8)21-27(5)43(52,56-39)40(49)41(50)44-16-11-10-13-31(44)42(51)55-38(28(6)33(46)23-34(30)47)26(4)20-29-14-15-32(45)35(48)22-29/h9,18,20,25,27-33,36-39,45-46,52H,1,10-17,19,21-23H2,2-8H3/b24-18-,26-20+. The molecule has 0 aromatic rings. The van der Waals surface area contributed by atoms with Crippen molar-refractivity contribution in [3.05, 3.63) is 36.0 Å². The van der Waals surface area contributed by atoms with Crippen molar-refractivity contribution in [3.63, 3.8) is 0 Å². The number of Topliss-reactive ketones (excluding diaryl/α,β-unsaturated/α-hetero) is 3. The van der Waals surface area contributed by atoms with Gasteiger partial charge in [0.05, 0.1) is 18.3 Å². The second kappa shape index (κ2) is 20.1. The molecule has 3 aliphatic heterocycles. The van der Waals surface area contributed by atoms with Crippen LogP contribution in [0.5, 0.6) is 0 Å². The lowest BCUT2D eigenvalue weighted by Gasteiger charge is -2.47. The van der Waals surface area contributed by atoms with E-state index < -0.39 is 83.9 Å². The number of hydrogen-bond acceptors (Lipinski definition) is 12. The van der Waals surface area contributed by atoms with Gasteiger partial charge in [0.15, 0.2) is 5.78 Å². The predicted molar refractivity (Wildman–Crippen MR) is 207 cm³/mol. The van der Waals surface area contributed by atoms with Gasteiger partial charge in [-0.15, -0.1) is 6.58 Å². The number of esters is 1. The first kappa shape index (κ1) is 45.6. The monoisotopic (exact) mass is 787 g/mol. The molecule has 3 heterocycles. The van der Waals surface area contributed by atoms with E-state index in [9.17, 15) is 39.3 Å². The van der Waals surface area contributed by atoms with Crippen LogP contribution in [0.4, 0.5) is 0 Å². The Labute approximate surface area is 331 Å². The van der Waals surface area contributed by atoms with Gasteiger partial charge in [-0.05, 0) is 89.0 Å². The minimum absolute atomic E-state index is 0.00296. The predicted octanol–water partition coefficient (Wildman–Crippen LogP) is 4.19. The van der Waals surface area contributed by atoms with E-state index in [1.165, 1.54) is 14.2 Å². The summed E-state index contributed by atoms with van der Waals surface area (Å²) in [5.41, 5.74) is 1.49. The second-order valence-electron chi connectivity index (χ2n) is 16.9. The first-order valence-electron chi connectivity index (χ1n) is 20.3. The maximum Gasteiger partial charge on any atom is 0.329 e. The fourth-order valence-electron chi connectivity index (χ4n) is 9.05. The molecule has 4 aliphatic rings. The maximum atomic E-state index is 14.2. The van der Waals surface area contributed by atoms with Crippen molar-refractivity contribution in [2.24, 2.45) is 29.6 Å². The molecule has 0 radical (unpaired) electrons. The summed E-state index contributed by atoms with van der Waals surface area (Å²) < 4.78 is 24.1. The number of cyclic esters (lactones) is 1. The highest BCUT2D eigenvalue weighted by Gasteiger charge is 2.56. The van der Waals surface area contributed by atoms with Crippen LogP contribution in [0.25, 0.3) is 0 Å². The lowest BCUT2D eigenvalue weighted by molar-refractivity contribution is -0.302. The van der Waals surface area contributed by atoms with Crippen molar-refractivity contribution < 1.29 is 58.2 Å². The van der Waals surface area contributed by atoms with Gasteiger partial charge in [0.1, 0.15) is 30.1 Å². The number of allylic oxidation sites excluding steroid dienone is 4. The van der Waals surface area contributed by atoms with Crippen LogP contribution in [-0.2, 0) is 42.9 Å². The average molecular weight is 788 g/mol. The lowest BCUT2D eigenvalue weighted by Crippen LogP contribution is -2.64. The molecule has 13 atom stereocenters. The topological polar surface area (TPSA) is 186 Å². The van der Waals surface area contributed by atoms with Crippen molar-refractivity contribution in [2.75, 3.05) is 20.8 Å². The number of piperidine rings is 1. The molecule has 2 saturated heterocycles. The smallest absolute Gasteiger partial charge is 0.329 e. The minimum Gasteiger partial charge on any atom is -0.456 e. The van der Waals surface area contributed by atoms with Gasteiger partial charge in [-0.2, -0.15) is 0 Å². The number of carbonyl (C=O) groups is 5. The normalized spacial score (nSPS) is 40.2. The largest absolute Gasteiger partial charge is 0.456 e. The molecule has 4 rings (SSSR count). The second-order valence-corrected chi connectivity index (χ2v) is 16.9. The molecule has 0 spiro atoms. The lowest BCUT2D eigenvalue weighted by atomic mass is 9.82. The fourth-order valence-corrected chi connectivity index (χ4v) is 9.05. The van der Waals surface area contributed by atoms with Gasteiger partial charge in [0.2, 0.25) is 5.79 Å². The van der Waals surface area contributed by atoms with Gasteiger partial charge in [0, 0.05) is 51.4 Å². The third-order valence-corrected chi connectivity index (χ3v) is 12.4. The zero-order valence-corrected chi connectivity index (χ0v) is 34.3. The SMILES string of the molecule is C=CCC1/C=C(/C)CC(C)CC(OC)C2OC(O)(C(=O)C(=O)N3CCCCC3C(=O)OC(/C(C)=C/C3CCC(O)C(=O)C3)C(C)C(O)CC1=O)C(C)CC2OC. The summed E-state index contributed by atoms with van der Waals surface area (Å²) in [6, 6.07) is -1.18. The van der Waals surface area contributed by atoms with E-state index in [2.05, 4.69) is 6.58 Å². The quantitative estimate of drug-likeness (QED) is 0.198. The van der Waals surface area contributed by atoms with E-state index in [1.807, 2.05) is 26.0 Å². The Kier molecular flexibility index (Phi) is 16.4. The number of ether oxygens (including phenoxy) is 4. The average Bonchev–Trinajstić information content (AvgIpc) is 3.16. The number of hydrogen-bond donors (Lipinski definition) is 3. The van der Waals surface area contributed by atoms with E-state index in [0.717, 1.165) is 10.5 Å². The molecule has 1 amide bonds. The van der Waals surface area contributed by atoms with Gasteiger partial charge >= 0.3 is 5.97 Å². The van der Waals surface area contributed by atoms with Gasteiger partial charge in [-0.1, -0.05) is 44.6 Å². The Morgan fingerprint density at radius 2 is 1.64 bits per heavy atom. The molecule has 1 saturated carbocycles. The van der Waals surface area contributed by atoms with Gasteiger partial charge < -0.3 is 39.2 Å². The Balaban J connectivity index is 1.78. The number of fused-ring (bicyclic) bond motifs is 3. The molecular formula is C43H65NO12. The van der Waals surface area contributed by atoms with Crippen LogP contribution < -0.4 is 0 Å². The molecule has 2 bridgehead atoms. The van der Waals surface area contributed by atoms with E-state index in [0.29, 0.717) is 50.5 Å². The minimum atomic E-state index is -2.53. The van der Waals surface area contributed by atoms with E-state index >= 15 is 0 Å². The number of ketones is 3. The van der Waals surface area contributed by atoms with Gasteiger partial charge in [0.25, 0.3) is 11.7 Å². The Bertz CT molecular complexity index is 1510. The van der Waals surface area contributed by atoms with Crippen molar-refractivity contribution >= 4 is 29.2 Å². The highest BCUT2D eigenvalue weighted by atomic mass is 16.7. The fraction of sp³-hybridized carbons (Fsp3) is 0.744. The Morgan fingerprint density at radius 1 is 0.964 bits per heavy atom. The number of amides is 1. The van der Waals surface area contributed by atoms with Gasteiger partial charge in [-0.3, -0.25) is 19.2 Å². The number of rotatable bonds is 6. The highest BCUT2D eigenvalue weighted by molar-refractivity contribution is 6.39. The third-order valence-electron chi connectivity index (χ3n) is 12.4. The van der Waals surface area contributed by atoms with Crippen LogP contribution in [0.1, 0.15) is 105 Å². The van der Waals surface area contributed by atoms with Crippen LogP contribution in [0.15, 0.2) is 36.0 Å². The summed E-state index contributed by atoms with van der Waals surface area (Å²) in [6.07, 6.45) is 3.52. The molecule has 1 aliphatic carbocycles. The summed E-state index contributed by atoms with van der Waals surface area (Å²) in [6.45, 7) is 12.9. The summed E-state index contributed by atoms with van der Waals surface area (Å²) in [4.78, 5) is 70.0. The number of aliphatic hydroxyl groups is 3. The van der Waals surface area contributed by atoms with Crippen molar-refractivity contribution in [3.8, 4) is 0 Å². The number of aliphatic hydroxyl groups excluding tert-OH is 2. The molecule has 3 N–H and O–H groups in total. The van der Waals surface area contributed by atoms with E-state index in [4.69, 9.17) is 18.9 Å². The zero-order valence-electron chi connectivity index (χ0n) is 34.3. The van der Waals surface area contributed by atoms with E-state index in [1.54, 1.807) is 26.8 Å². The molecule has 0 aromatic carbocycles. The van der Waals surface area contributed by atoms with Crippen LogP contribution >= 0.6 is 0 Å². The number of methoxy groups -OCH3 is 2. The molecule has 314 valence electrons. The first-order chi connectivity index (χ1) is 26.4. The van der Waals surface area contributed by atoms with Crippen molar-refractivity contribution in [2.45, 2.75) is 154 Å². The molecule has 56 heavy (non-hydrogen) atoms. The van der Waals surface area contributed by atoms with Crippen LogP contribution in [0, 0.1) is 29.6 Å². The molecule has 0 aromatic heterocycles. The molecule has 13 heteroatoms. The van der Waals surface area contributed by atoms with Crippen LogP contribution in [-0.4, -0.2) is 119 Å². The maximum absolute atomic E-state index is 14.2. The summed E-state index contributed by atoms with van der Waals surface area (Å²) in [5.74, 6) is -8.51. The number of nitrogens with zero attached hydrogens (tertiary/aromatic N) is 1. The number of carbonyl (C=O) groups excluding carboxylic acids is 5. The van der Waals surface area contributed by atoms with Crippen molar-refractivity contribution in [1.29, 1.82) is 0 Å². The van der Waals surface area contributed by atoms with Crippen LogP contribution in [0.2, 0.25) is 0 Å². The molecular weight excluding hydrogens is 722 g/mol. The Hall–Kier alpha value is -3.07.